The van der Waals surface area contributed by atoms with Gasteiger partial charge in [-0.1, -0.05) is 0 Å². The van der Waals surface area contributed by atoms with E-state index in [-0.39, 0.29) is 5.41 Å². The number of nitrogens with two attached hydrogens (primary N) is 1. The Morgan fingerprint density at radius 1 is 1.50 bits per heavy atom. The van der Waals surface area contributed by atoms with Gasteiger partial charge in [0, 0.05) is 0 Å². The fourth-order valence-electron chi connectivity index (χ4n) is 1.32. The zero-order valence-electron chi connectivity index (χ0n) is 7.08. The van der Waals surface area contributed by atoms with Gasteiger partial charge in [-0.05, 0) is 19.1 Å². The minimum atomic E-state index is 0.119. The van der Waals surface area contributed by atoms with Crippen LogP contribution in [-0.2, 0) is 10.2 Å². The van der Waals surface area contributed by atoms with E-state index < -0.39 is 0 Å². The van der Waals surface area contributed by atoms with Crippen LogP contribution >= 0.6 is 0 Å². The van der Waals surface area contributed by atoms with E-state index in [2.05, 4.69) is 11.9 Å². The fourth-order valence-corrected chi connectivity index (χ4v) is 1.32. The summed E-state index contributed by atoms with van der Waals surface area (Å²) >= 11 is 0. The lowest BCUT2D eigenvalue weighted by molar-refractivity contribution is -0.0520. The maximum Gasteiger partial charge on any atom is 0.0598 e. The summed E-state index contributed by atoms with van der Waals surface area (Å²) in [5.74, 6) is 0. The van der Waals surface area contributed by atoms with Gasteiger partial charge in [-0.25, -0.2) is 0 Å². The van der Waals surface area contributed by atoms with Crippen LogP contribution in [0.2, 0.25) is 0 Å². The number of nitrogens with zero attached hydrogens (tertiary/aromatic N) is 1. The minimum Gasteiger partial charge on any atom is -0.397 e. The van der Waals surface area contributed by atoms with Crippen LogP contribution in [0.25, 0.3) is 0 Å². The molecule has 2 rings (SSSR count). The SMILES string of the molecule is CC1(c2ccc(N)cn2)COC1. The van der Waals surface area contributed by atoms with Crippen molar-refractivity contribution in [3.05, 3.63) is 24.0 Å². The van der Waals surface area contributed by atoms with E-state index in [9.17, 15) is 0 Å². The molecule has 0 atom stereocenters. The van der Waals surface area contributed by atoms with Crippen molar-refractivity contribution >= 4 is 5.69 Å². The van der Waals surface area contributed by atoms with E-state index in [1.165, 1.54) is 0 Å². The molecule has 0 saturated carbocycles. The smallest absolute Gasteiger partial charge is 0.0598 e. The van der Waals surface area contributed by atoms with Gasteiger partial charge in [0.25, 0.3) is 0 Å². The lowest BCUT2D eigenvalue weighted by Crippen LogP contribution is -2.44. The Labute approximate surface area is 71.6 Å². The molecule has 0 amide bonds. The number of hydrogen-bond acceptors (Lipinski definition) is 3. The van der Waals surface area contributed by atoms with Gasteiger partial charge in [-0.3, -0.25) is 4.98 Å². The molecule has 0 aliphatic carbocycles. The van der Waals surface area contributed by atoms with Gasteiger partial charge in [0.05, 0.1) is 36.2 Å². The number of ether oxygens (including phenoxy) is 1. The highest BCUT2D eigenvalue weighted by Gasteiger charge is 2.36. The van der Waals surface area contributed by atoms with Gasteiger partial charge in [-0.15, -0.1) is 0 Å². The number of pyridine rings is 1. The molecule has 2 N–H and O–H groups in total. The predicted octanol–water partition coefficient (Wildman–Crippen LogP) is 0.952. The van der Waals surface area contributed by atoms with Gasteiger partial charge < -0.3 is 10.5 Å². The van der Waals surface area contributed by atoms with Crippen molar-refractivity contribution in [2.24, 2.45) is 0 Å². The number of rotatable bonds is 1. The third-order valence-electron chi connectivity index (χ3n) is 2.25. The second-order valence-electron chi connectivity index (χ2n) is 3.53. The molecule has 1 fully saturated rings. The maximum atomic E-state index is 5.54. The maximum absolute atomic E-state index is 5.54. The topological polar surface area (TPSA) is 48.1 Å². The molecule has 1 aliphatic rings. The zero-order chi connectivity index (χ0) is 8.60. The Bertz CT molecular complexity index is 277. The molecule has 3 heteroatoms. The Balaban J connectivity index is 2.28. The molecule has 0 radical (unpaired) electrons. The number of hydrogen-bond donors (Lipinski definition) is 1. The van der Waals surface area contributed by atoms with Gasteiger partial charge >= 0.3 is 0 Å². The largest absolute Gasteiger partial charge is 0.397 e. The Morgan fingerprint density at radius 3 is 2.67 bits per heavy atom. The minimum absolute atomic E-state index is 0.119. The predicted molar refractivity (Wildman–Crippen MR) is 46.8 cm³/mol. The van der Waals surface area contributed by atoms with Gasteiger partial charge in [0.15, 0.2) is 0 Å². The highest BCUT2D eigenvalue weighted by Crippen LogP contribution is 2.30. The Kier molecular flexibility index (Phi) is 1.54. The molecule has 0 spiro atoms. The fraction of sp³-hybridized carbons (Fsp3) is 0.444. The van der Waals surface area contributed by atoms with Crippen molar-refractivity contribution in [1.29, 1.82) is 0 Å². The average molecular weight is 164 g/mol. The summed E-state index contributed by atoms with van der Waals surface area (Å²) in [6, 6.07) is 3.85. The summed E-state index contributed by atoms with van der Waals surface area (Å²) in [5.41, 5.74) is 7.44. The number of aromatic nitrogens is 1. The first kappa shape index (κ1) is 7.55. The lowest BCUT2D eigenvalue weighted by atomic mass is 9.84. The average Bonchev–Trinajstić information content (AvgIpc) is 2.02. The summed E-state index contributed by atoms with van der Waals surface area (Å²) in [6.45, 7) is 3.68. The van der Waals surface area contributed by atoms with Crippen molar-refractivity contribution in [3.63, 3.8) is 0 Å². The van der Waals surface area contributed by atoms with E-state index in [4.69, 9.17) is 10.5 Å². The van der Waals surface area contributed by atoms with E-state index in [1.807, 2.05) is 12.1 Å². The normalized spacial score (nSPS) is 20.1. The van der Waals surface area contributed by atoms with Gasteiger partial charge in [0.2, 0.25) is 0 Å². The van der Waals surface area contributed by atoms with Crippen molar-refractivity contribution < 1.29 is 4.74 Å². The Hall–Kier alpha value is -1.09. The molecule has 12 heavy (non-hydrogen) atoms. The monoisotopic (exact) mass is 164 g/mol. The summed E-state index contributed by atoms with van der Waals surface area (Å²) in [5, 5.41) is 0. The van der Waals surface area contributed by atoms with E-state index in [0.717, 1.165) is 18.9 Å². The van der Waals surface area contributed by atoms with Crippen LogP contribution < -0.4 is 5.73 Å². The van der Waals surface area contributed by atoms with E-state index in [1.54, 1.807) is 6.20 Å². The van der Waals surface area contributed by atoms with Crippen molar-refractivity contribution in [1.82, 2.24) is 4.98 Å². The van der Waals surface area contributed by atoms with Crippen LogP contribution in [0.3, 0.4) is 0 Å². The third kappa shape index (κ3) is 1.06. The Morgan fingerprint density at radius 2 is 2.25 bits per heavy atom. The summed E-state index contributed by atoms with van der Waals surface area (Å²) in [6.07, 6.45) is 1.69. The molecular weight excluding hydrogens is 152 g/mol. The standard InChI is InChI=1S/C9H12N2O/c1-9(5-12-6-9)8-3-2-7(10)4-11-8/h2-4H,5-6,10H2,1H3. The van der Waals surface area contributed by atoms with Crippen molar-refractivity contribution in [2.45, 2.75) is 12.3 Å². The number of anilines is 1. The van der Waals surface area contributed by atoms with Crippen LogP contribution in [-0.4, -0.2) is 18.2 Å². The zero-order valence-corrected chi connectivity index (χ0v) is 7.08. The molecule has 3 nitrogen and oxygen atoms in total. The van der Waals surface area contributed by atoms with Crippen LogP contribution in [0.15, 0.2) is 18.3 Å². The van der Waals surface area contributed by atoms with E-state index in [0.29, 0.717) is 5.69 Å². The highest BCUT2D eigenvalue weighted by molar-refractivity contribution is 5.36. The molecule has 1 aromatic heterocycles. The van der Waals surface area contributed by atoms with Gasteiger partial charge in [0.1, 0.15) is 0 Å². The van der Waals surface area contributed by atoms with Crippen molar-refractivity contribution in [2.75, 3.05) is 18.9 Å². The first-order valence-corrected chi connectivity index (χ1v) is 4.00. The summed E-state index contributed by atoms with van der Waals surface area (Å²) < 4.78 is 5.15. The quantitative estimate of drug-likeness (QED) is 0.672. The van der Waals surface area contributed by atoms with Crippen LogP contribution in [0.1, 0.15) is 12.6 Å². The summed E-state index contributed by atoms with van der Waals surface area (Å²) in [4.78, 5) is 4.27. The first-order chi connectivity index (χ1) is 5.71. The first-order valence-electron chi connectivity index (χ1n) is 4.00. The number of nitrogen functional groups attached to an aromatic ring is 1. The highest BCUT2D eigenvalue weighted by atomic mass is 16.5. The molecular formula is C9H12N2O. The van der Waals surface area contributed by atoms with Crippen LogP contribution in [0, 0.1) is 0 Å². The molecule has 1 aromatic rings. The lowest BCUT2D eigenvalue weighted by Gasteiger charge is -2.37. The molecule has 1 aliphatic heterocycles. The second-order valence-corrected chi connectivity index (χ2v) is 3.53. The summed E-state index contributed by atoms with van der Waals surface area (Å²) in [7, 11) is 0. The van der Waals surface area contributed by atoms with Crippen molar-refractivity contribution in [3.8, 4) is 0 Å². The van der Waals surface area contributed by atoms with Crippen LogP contribution in [0.5, 0.6) is 0 Å². The third-order valence-corrected chi connectivity index (χ3v) is 2.25. The molecule has 0 unspecified atom stereocenters. The molecule has 0 bridgehead atoms. The van der Waals surface area contributed by atoms with Gasteiger partial charge in [-0.2, -0.15) is 0 Å². The second kappa shape index (κ2) is 2.45. The molecule has 0 aromatic carbocycles. The molecule has 1 saturated heterocycles. The molecule has 64 valence electrons. The molecule has 2 heterocycles. The van der Waals surface area contributed by atoms with E-state index >= 15 is 0 Å². The van der Waals surface area contributed by atoms with Crippen LogP contribution in [0.4, 0.5) is 5.69 Å².